The monoisotopic (exact) mass is 565 g/mol. The summed E-state index contributed by atoms with van der Waals surface area (Å²) in [6.07, 6.45) is 6.98. The molecule has 216 valence electrons. The third-order valence-electron chi connectivity index (χ3n) is 8.02. The second-order valence-corrected chi connectivity index (χ2v) is 10.8. The first-order valence-electron chi connectivity index (χ1n) is 14.6. The molecule has 6 rings (SSSR count). The molecule has 0 radical (unpaired) electrons. The van der Waals surface area contributed by atoms with Crippen LogP contribution in [0.2, 0.25) is 0 Å². The van der Waals surface area contributed by atoms with E-state index in [-0.39, 0.29) is 24.4 Å². The lowest BCUT2D eigenvalue weighted by molar-refractivity contribution is -0.127. The maximum Gasteiger partial charge on any atom is 0.255 e. The van der Waals surface area contributed by atoms with Crippen molar-refractivity contribution in [1.29, 1.82) is 0 Å². The van der Waals surface area contributed by atoms with Gasteiger partial charge < -0.3 is 24.4 Å². The Balaban J connectivity index is 1.43. The van der Waals surface area contributed by atoms with E-state index in [2.05, 4.69) is 10.3 Å². The third-order valence-corrected chi connectivity index (χ3v) is 8.02. The zero-order valence-corrected chi connectivity index (χ0v) is 23.8. The van der Waals surface area contributed by atoms with E-state index in [0.29, 0.717) is 30.3 Å². The maximum absolute atomic E-state index is 14.4. The van der Waals surface area contributed by atoms with Gasteiger partial charge in [-0.05, 0) is 72.5 Å². The van der Waals surface area contributed by atoms with E-state index in [9.17, 15) is 9.59 Å². The molecule has 2 heterocycles. The molecule has 0 unspecified atom stereocenters. The van der Waals surface area contributed by atoms with Crippen LogP contribution in [-0.4, -0.2) is 48.1 Å². The number of pyridine rings is 1. The van der Waals surface area contributed by atoms with Crippen LogP contribution in [0.15, 0.2) is 79.0 Å². The van der Waals surface area contributed by atoms with Gasteiger partial charge in [-0.15, -0.1) is 0 Å². The lowest BCUT2D eigenvalue weighted by Gasteiger charge is -2.34. The van der Waals surface area contributed by atoms with Crippen molar-refractivity contribution in [3.63, 3.8) is 0 Å². The highest BCUT2D eigenvalue weighted by atomic mass is 16.6. The van der Waals surface area contributed by atoms with Crippen molar-refractivity contribution in [3.05, 3.63) is 95.7 Å². The molecule has 42 heavy (non-hydrogen) atoms. The number of nitrogens with zero attached hydrogens (tertiary/aromatic N) is 2. The second-order valence-electron chi connectivity index (χ2n) is 10.8. The van der Waals surface area contributed by atoms with Gasteiger partial charge >= 0.3 is 0 Å². The topological polar surface area (TPSA) is 90.0 Å². The Labute approximate surface area is 245 Å². The van der Waals surface area contributed by atoms with Gasteiger partial charge in [0.05, 0.1) is 12.6 Å². The molecule has 8 nitrogen and oxygen atoms in total. The van der Waals surface area contributed by atoms with E-state index in [1.54, 1.807) is 36.4 Å². The second kappa shape index (κ2) is 12.5. The fourth-order valence-corrected chi connectivity index (χ4v) is 5.81. The number of methoxy groups -OCH3 is 1. The molecule has 4 aromatic rings. The number of hydrogen-bond donors (Lipinski definition) is 1. The van der Waals surface area contributed by atoms with Gasteiger partial charge in [-0.25, -0.2) is 0 Å². The Bertz CT molecular complexity index is 1570. The summed E-state index contributed by atoms with van der Waals surface area (Å²) in [4.78, 5) is 34.8. The minimum Gasteiger partial charge on any atom is -0.497 e. The van der Waals surface area contributed by atoms with Crippen LogP contribution in [0.1, 0.15) is 59.6 Å². The fraction of sp³-hybridized carbons (Fsp3) is 0.324. The zero-order chi connectivity index (χ0) is 28.9. The zero-order valence-electron chi connectivity index (χ0n) is 23.8. The molecule has 0 saturated heterocycles. The first kappa shape index (κ1) is 27.6. The molecule has 1 aliphatic carbocycles. The minimum absolute atomic E-state index is 0.0862. The minimum atomic E-state index is -0.876. The first-order valence-corrected chi connectivity index (χ1v) is 14.6. The standard InChI is InChI=1S/C34H35N3O5/c1-40-28-13-9-23(10-14-28)22-37(34(39)26-12-16-30-31(21-26)42-19-18-41-30)32(33(38)36-27-7-3-2-4-8-27)25-11-15-29-24(20-25)6-5-17-35-29/h5-6,9-17,20-21,27,32H,2-4,7-8,18-19,22H2,1H3,(H,36,38)/t32-/m0/s1. The Hall–Kier alpha value is -4.59. The quantitative estimate of drug-likeness (QED) is 0.288. The van der Waals surface area contributed by atoms with Crippen molar-refractivity contribution in [3.8, 4) is 17.2 Å². The highest BCUT2D eigenvalue weighted by molar-refractivity contribution is 5.99. The van der Waals surface area contributed by atoms with Gasteiger partial charge in [0.25, 0.3) is 5.91 Å². The third kappa shape index (κ3) is 6.03. The van der Waals surface area contributed by atoms with Gasteiger partial charge in [0.15, 0.2) is 11.5 Å². The molecule has 1 saturated carbocycles. The number of ether oxygens (including phenoxy) is 3. The Morgan fingerprint density at radius 3 is 2.52 bits per heavy atom. The van der Waals surface area contributed by atoms with E-state index in [1.807, 2.05) is 54.6 Å². The number of hydrogen-bond acceptors (Lipinski definition) is 6. The fourth-order valence-electron chi connectivity index (χ4n) is 5.81. The van der Waals surface area contributed by atoms with E-state index in [0.717, 1.165) is 53.5 Å². The first-order chi connectivity index (χ1) is 20.6. The summed E-state index contributed by atoms with van der Waals surface area (Å²) < 4.78 is 16.8. The Morgan fingerprint density at radius 2 is 1.74 bits per heavy atom. The number of fused-ring (bicyclic) bond motifs is 2. The van der Waals surface area contributed by atoms with Crippen molar-refractivity contribution in [2.45, 2.75) is 50.7 Å². The number of carbonyl (C=O) groups is 2. The van der Waals surface area contributed by atoms with Crippen LogP contribution in [0.5, 0.6) is 17.2 Å². The van der Waals surface area contributed by atoms with Crippen LogP contribution in [-0.2, 0) is 11.3 Å². The molecule has 0 spiro atoms. The average Bonchev–Trinajstić information content (AvgIpc) is 3.04. The van der Waals surface area contributed by atoms with Crippen molar-refractivity contribution in [1.82, 2.24) is 15.2 Å². The highest BCUT2D eigenvalue weighted by Crippen LogP contribution is 2.34. The predicted octanol–water partition coefficient (Wildman–Crippen LogP) is 5.85. The van der Waals surface area contributed by atoms with Gasteiger partial charge in [0.2, 0.25) is 5.91 Å². The van der Waals surface area contributed by atoms with E-state index in [1.165, 1.54) is 6.42 Å². The number of rotatable bonds is 8. The average molecular weight is 566 g/mol. The summed E-state index contributed by atoms with van der Waals surface area (Å²) >= 11 is 0. The number of carbonyl (C=O) groups excluding carboxylic acids is 2. The van der Waals surface area contributed by atoms with Crippen molar-refractivity contribution < 1.29 is 23.8 Å². The van der Waals surface area contributed by atoms with E-state index < -0.39 is 6.04 Å². The molecule has 0 bridgehead atoms. The molecule has 2 amide bonds. The van der Waals surface area contributed by atoms with Crippen molar-refractivity contribution in [2.75, 3.05) is 20.3 Å². The SMILES string of the molecule is COc1ccc(CN(C(=O)c2ccc3c(c2)OCCO3)[C@H](C(=O)NC2CCCCC2)c2ccc3ncccc3c2)cc1. The summed E-state index contributed by atoms with van der Waals surface area (Å²) in [5.74, 6) is 1.38. The summed E-state index contributed by atoms with van der Waals surface area (Å²) in [6, 6.07) is 21.6. The number of aromatic nitrogens is 1. The van der Waals surface area contributed by atoms with Crippen LogP contribution in [0, 0.1) is 0 Å². The number of nitrogens with one attached hydrogen (secondary N) is 1. The summed E-state index contributed by atoms with van der Waals surface area (Å²) in [6.45, 7) is 1.09. The Morgan fingerprint density at radius 1 is 0.952 bits per heavy atom. The Kier molecular flexibility index (Phi) is 8.21. The number of benzene rings is 3. The van der Waals surface area contributed by atoms with Crippen molar-refractivity contribution >= 4 is 22.7 Å². The van der Waals surface area contributed by atoms with Gasteiger partial charge in [0, 0.05) is 29.7 Å². The molecule has 1 fully saturated rings. The summed E-state index contributed by atoms with van der Waals surface area (Å²) in [5, 5.41) is 4.20. The van der Waals surface area contributed by atoms with Crippen LogP contribution in [0.25, 0.3) is 10.9 Å². The molecule has 8 heteroatoms. The van der Waals surface area contributed by atoms with Gasteiger partial charge in [-0.1, -0.05) is 43.5 Å². The van der Waals surface area contributed by atoms with Crippen LogP contribution >= 0.6 is 0 Å². The summed E-state index contributed by atoms with van der Waals surface area (Å²) in [5.41, 5.74) is 2.85. The van der Waals surface area contributed by atoms with Crippen molar-refractivity contribution in [2.24, 2.45) is 0 Å². The molecule has 1 atom stereocenters. The van der Waals surface area contributed by atoms with E-state index >= 15 is 0 Å². The normalized spacial score (nSPS) is 15.5. The largest absolute Gasteiger partial charge is 0.497 e. The maximum atomic E-state index is 14.4. The van der Waals surface area contributed by atoms with Gasteiger partial charge in [-0.2, -0.15) is 0 Å². The molecule has 1 aliphatic heterocycles. The highest BCUT2D eigenvalue weighted by Gasteiger charge is 2.34. The van der Waals surface area contributed by atoms with Crippen LogP contribution in [0.3, 0.4) is 0 Å². The smallest absolute Gasteiger partial charge is 0.255 e. The molecule has 3 aromatic carbocycles. The molecule has 1 aromatic heterocycles. The van der Waals surface area contributed by atoms with Gasteiger partial charge in [-0.3, -0.25) is 14.6 Å². The van der Waals surface area contributed by atoms with Crippen LogP contribution < -0.4 is 19.5 Å². The molecule has 1 N–H and O–H groups in total. The van der Waals surface area contributed by atoms with Crippen LogP contribution in [0.4, 0.5) is 0 Å². The lowest BCUT2D eigenvalue weighted by atomic mass is 9.94. The number of amides is 2. The lowest BCUT2D eigenvalue weighted by Crippen LogP contribution is -2.46. The summed E-state index contributed by atoms with van der Waals surface area (Å²) in [7, 11) is 1.62. The molecular formula is C34H35N3O5. The molecule has 2 aliphatic rings. The predicted molar refractivity (Wildman–Crippen MR) is 160 cm³/mol. The van der Waals surface area contributed by atoms with Gasteiger partial charge in [0.1, 0.15) is 25.0 Å². The molecular weight excluding hydrogens is 530 g/mol. The van der Waals surface area contributed by atoms with E-state index in [4.69, 9.17) is 14.2 Å².